The summed E-state index contributed by atoms with van der Waals surface area (Å²) in [5.74, 6) is 0.949. The van der Waals surface area contributed by atoms with Gasteiger partial charge >= 0.3 is 6.09 Å². The van der Waals surface area contributed by atoms with Crippen LogP contribution < -0.4 is 5.32 Å². The molecular weight excluding hydrogens is 356 g/mol. The van der Waals surface area contributed by atoms with Crippen LogP contribution in [0.25, 0.3) is 0 Å². The third-order valence-electron chi connectivity index (χ3n) is 6.08. The highest BCUT2D eigenvalue weighted by atomic mass is 16.6. The van der Waals surface area contributed by atoms with Crippen molar-refractivity contribution in [3.63, 3.8) is 0 Å². The lowest BCUT2D eigenvalue weighted by molar-refractivity contribution is -0.126. The molecule has 0 aromatic heterocycles. The molecule has 1 heterocycles. The number of piperidine rings is 1. The van der Waals surface area contributed by atoms with Gasteiger partial charge in [-0.15, -0.1) is 0 Å². The monoisotopic (exact) mass is 388 g/mol. The van der Waals surface area contributed by atoms with Gasteiger partial charge in [0, 0.05) is 25.6 Å². The number of aromatic hydroxyl groups is 1. The maximum absolute atomic E-state index is 12.5. The average molecular weight is 389 g/mol. The van der Waals surface area contributed by atoms with Crippen molar-refractivity contribution in [2.75, 3.05) is 13.1 Å². The first-order valence-electron chi connectivity index (χ1n) is 10.4. The first kappa shape index (κ1) is 20.5. The number of benzene rings is 1. The first-order chi connectivity index (χ1) is 13.4. The van der Waals surface area contributed by atoms with Crippen LogP contribution in [0.4, 0.5) is 4.79 Å². The molecule has 1 aliphatic carbocycles. The van der Waals surface area contributed by atoms with E-state index in [-0.39, 0.29) is 29.8 Å². The van der Waals surface area contributed by atoms with Gasteiger partial charge in [-0.05, 0) is 68.6 Å². The summed E-state index contributed by atoms with van der Waals surface area (Å²) in [6.07, 6.45) is 5.33. The highest BCUT2D eigenvalue weighted by Gasteiger charge is 2.30. The lowest BCUT2D eigenvalue weighted by Crippen LogP contribution is -2.44. The molecule has 1 aromatic rings. The zero-order valence-corrected chi connectivity index (χ0v) is 16.9. The molecule has 1 aromatic carbocycles. The molecule has 3 rings (SSSR count). The molecule has 1 aliphatic heterocycles. The van der Waals surface area contributed by atoms with Crippen molar-refractivity contribution in [1.29, 1.82) is 0 Å². The summed E-state index contributed by atoms with van der Waals surface area (Å²) in [4.78, 5) is 26.6. The zero-order valence-electron chi connectivity index (χ0n) is 16.9. The number of rotatable bonds is 4. The molecule has 2 amide bonds. The third-order valence-corrected chi connectivity index (χ3v) is 6.08. The van der Waals surface area contributed by atoms with Gasteiger partial charge in [-0.3, -0.25) is 4.79 Å². The fourth-order valence-corrected chi connectivity index (χ4v) is 4.05. The van der Waals surface area contributed by atoms with Gasteiger partial charge in [-0.2, -0.15) is 0 Å². The average Bonchev–Trinajstić information content (AvgIpc) is 2.70. The van der Waals surface area contributed by atoms with Crippen LogP contribution in [0.1, 0.15) is 56.6 Å². The smallest absolute Gasteiger partial charge is 0.410 e. The number of carbonyl (C=O) groups is 2. The quantitative estimate of drug-likeness (QED) is 0.823. The summed E-state index contributed by atoms with van der Waals surface area (Å²) in [6, 6.07) is 5.33. The highest BCUT2D eigenvalue weighted by molar-refractivity contribution is 5.79. The molecule has 2 N–H and O–H groups in total. The number of nitrogens with one attached hydrogen (secondary N) is 1. The summed E-state index contributed by atoms with van der Waals surface area (Å²) < 4.78 is 5.67. The molecule has 0 spiro atoms. The number of amides is 2. The molecular formula is C22H32N2O4. The van der Waals surface area contributed by atoms with E-state index in [1.165, 1.54) is 0 Å². The molecule has 154 valence electrons. The Morgan fingerprint density at radius 2 is 1.82 bits per heavy atom. The third kappa shape index (κ3) is 5.40. The second kappa shape index (κ2) is 9.30. The predicted octanol–water partition coefficient (Wildman–Crippen LogP) is 3.74. The molecule has 1 saturated heterocycles. The summed E-state index contributed by atoms with van der Waals surface area (Å²) >= 11 is 0. The number of phenolic OH excluding ortho intramolecular Hbond substituents is 1. The Morgan fingerprint density at radius 1 is 1.14 bits per heavy atom. The standard InChI is InChI=1S/C22H32N2O4/c1-15-3-6-19(7-4-15)28-22(27)24-11-9-18(10-12-24)21(26)23-14-17-5-8-20(25)16(2)13-17/h5,8,13,15,18-19,25H,3-4,6-7,9-12,14H2,1-2H3,(H,23,26)/t15-,19+. The minimum atomic E-state index is -0.224. The minimum Gasteiger partial charge on any atom is -0.508 e. The minimum absolute atomic E-state index is 0.0278. The van der Waals surface area contributed by atoms with E-state index in [1.54, 1.807) is 11.0 Å². The van der Waals surface area contributed by atoms with Gasteiger partial charge in [0.15, 0.2) is 0 Å². The fourth-order valence-electron chi connectivity index (χ4n) is 4.05. The van der Waals surface area contributed by atoms with Crippen LogP contribution in [0.15, 0.2) is 18.2 Å². The van der Waals surface area contributed by atoms with Gasteiger partial charge in [0.05, 0.1) is 0 Å². The lowest BCUT2D eigenvalue weighted by Gasteiger charge is -2.33. The van der Waals surface area contributed by atoms with Crippen LogP contribution in [-0.4, -0.2) is 41.2 Å². The number of carbonyl (C=O) groups excluding carboxylic acids is 2. The van der Waals surface area contributed by atoms with E-state index < -0.39 is 0 Å². The maximum Gasteiger partial charge on any atom is 0.410 e. The molecule has 0 radical (unpaired) electrons. The van der Waals surface area contributed by atoms with Crippen molar-refractivity contribution in [2.24, 2.45) is 11.8 Å². The Hall–Kier alpha value is -2.24. The number of hydrogen-bond acceptors (Lipinski definition) is 4. The molecule has 0 bridgehead atoms. The number of phenols is 1. The zero-order chi connectivity index (χ0) is 20.1. The molecule has 0 atom stereocenters. The van der Waals surface area contributed by atoms with Crippen LogP contribution in [0.3, 0.4) is 0 Å². The summed E-state index contributed by atoms with van der Waals surface area (Å²) in [5.41, 5.74) is 1.76. The second-order valence-electron chi connectivity index (χ2n) is 8.37. The van der Waals surface area contributed by atoms with E-state index in [1.807, 2.05) is 19.1 Å². The first-order valence-corrected chi connectivity index (χ1v) is 10.4. The molecule has 6 heteroatoms. The van der Waals surface area contributed by atoms with E-state index in [2.05, 4.69) is 12.2 Å². The Labute approximate surface area is 167 Å². The van der Waals surface area contributed by atoms with Crippen molar-refractivity contribution >= 4 is 12.0 Å². The van der Waals surface area contributed by atoms with Gasteiger partial charge < -0.3 is 20.1 Å². The van der Waals surface area contributed by atoms with E-state index >= 15 is 0 Å². The van der Waals surface area contributed by atoms with Gasteiger partial charge in [-0.1, -0.05) is 19.1 Å². The lowest BCUT2D eigenvalue weighted by atomic mass is 9.89. The summed E-state index contributed by atoms with van der Waals surface area (Å²) in [5, 5.41) is 12.6. The largest absolute Gasteiger partial charge is 0.508 e. The van der Waals surface area contributed by atoms with E-state index in [9.17, 15) is 14.7 Å². The van der Waals surface area contributed by atoms with Crippen molar-refractivity contribution in [1.82, 2.24) is 10.2 Å². The van der Waals surface area contributed by atoms with E-state index in [0.717, 1.165) is 42.7 Å². The van der Waals surface area contributed by atoms with Gasteiger partial charge in [0.25, 0.3) is 0 Å². The van der Waals surface area contributed by atoms with E-state index in [4.69, 9.17) is 4.74 Å². The topological polar surface area (TPSA) is 78.9 Å². The molecule has 0 unspecified atom stereocenters. The highest BCUT2D eigenvalue weighted by Crippen LogP contribution is 2.27. The number of aryl methyl sites for hydroxylation is 1. The second-order valence-corrected chi connectivity index (χ2v) is 8.37. The van der Waals surface area contributed by atoms with Crippen molar-refractivity contribution in [2.45, 2.75) is 65.0 Å². The Kier molecular flexibility index (Phi) is 6.81. The number of ether oxygens (including phenoxy) is 1. The molecule has 2 fully saturated rings. The maximum atomic E-state index is 12.5. The predicted molar refractivity (Wildman–Crippen MR) is 107 cm³/mol. The number of hydrogen-bond donors (Lipinski definition) is 2. The fraction of sp³-hybridized carbons (Fsp3) is 0.636. The van der Waals surface area contributed by atoms with Crippen LogP contribution >= 0.6 is 0 Å². The molecule has 28 heavy (non-hydrogen) atoms. The Morgan fingerprint density at radius 3 is 2.46 bits per heavy atom. The van der Waals surface area contributed by atoms with Gasteiger partial charge in [0.1, 0.15) is 11.9 Å². The Balaban J connectivity index is 1.39. The molecule has 1 saturated carbocycles. The number of likely N-dealkylation sites (tertiary alicyclic amines) is 1. The van der Waals surface area contributed by atoms with Crippen LogP contribution in [-0.2, 0) is 16.1 Å². The van der Waals surface area contributed by atoms with Crippen molar-refractivity contribution in [3.05, 3.63) is 29.3 Å². The SMILES string of the molecule is Cc1cc(CNC(=O)C2CCN(C(=O)O[C@H]3CC[C@@H](C)CC3)CC2)ccc1O. The van der Waals surface area contributed by atoms with Crippen molar-refractivity contribution in [3.8, 4) is 5.75 Å². The van der Waals surface area contributed by atoms with Crippen LogP contribution in [0.2, 0.25) is 0 Å². The summed E-state index contributed by atoms with van der Waals surface area (Å²) in [7, 11) is 0. The van der Waals surface area contributed by atoms with Gasteiger partial charge in [0.2, 0.25) is 5.91 Å². The molecule has 2 aliphatic rings. The summed E-state index contributed by atoms with van der Waals surface area (Å²) in [6.45, 7) is 5.67. The van der Waals surface area contributed by atoms with Crippen LogP contribution in [0.5, 0.6) is 5.75 Å². The van der Waals surface area contributed by atoms with E-state index in [0.29, 0.717) is 32.5 Å². The normalized spacial score (nSPS) is 23.3. The van der Waals surface area contributed by atoms with Crippen LogP contribution in [0, 0.1) is 18.8 Å². The van der Waals surface area contributed by atoms with Crippen molar-refractivity contribution < 1.29 is 19.4 Å². The Bertz CT molecular complexity index is 690. The number of nitrogens with zero attached hydrogens (tertiary/aromatic N) is 1. The van der Waals surface area contributed by atoms with Gasteiger partial charge in [-0.25, -0.2) is 4.79 Å². The molecule has 6 nitrogen and oxygen atoms in total.